The molecule has 7 heteroatoms. The van der Waals surface area contributed by atoms with Crippen LogP contribution < -0.4 is 10.9 Å². The number of nitrogens with one attached hydrogen (secondary N) is 1. The molecule has 0 unspecified atom stereocenters. The SMILES string of the molecule is COCC(=O)NC1CN(C(=O)c2c(C)c(=O)n(C)c3ccccc23)C1. The zero-order valence-electron chi connectivity index (χ0n) is 14.5. The van der Waals surface area contributed by atoms with Gasteiger partial charge < -0.3 is 19.5 Å². The number of para-hydroxylation sites is 1. The van der Waals surface area contributed by atoms with Crippen LogP contribution in [0, 0.1) is 6.92 Å². The summed E-state index contributed by atoms with van der Waals surface area (Å²) >= 11 is 0. The van der Waals surface area contributed by atoms with E-state index in [9.17, 15) is 14.4 Å². The molecular weight excluding hydrogens is 322 g/mol. The normalized spacial score (nSPS) is 14.4. The van der Waals surface area contributed by atoms with Crippen LogP contribution in [0.25, 0.3) is 10.9 Å². The second-order valence-electron chi connectivity index (χ2n) is 6.29. The average Bonchev–Trinajstić information content (AvgIpc) is 2.56. The molecule has 0 spiro atoms. The Balaban J connectivity index is 1.85. The number of carbonyl (C=O) groups is 2. The van der Waals surface area contributed by atoms with E-state index in [0.717, 1.165) is 10.9 Å². The third-order valence-corrected chi connectivity index (χ3v) is 4.56. The Hall–Kier alpha value is -2.67. The third kappa shape index (κ3) is 3.02. The van der Waals surface area contributed by atoms with Gasteiger partial charge in [0.05, 0.1) is 17.1 Å². The number of rotatable bonds is 4. The zero-order valence-corrected chi connectivity index (χ0v) is 14.5. The molecule has 2 heterocycles. The van der Waals surface area contributed by atoms with Gasteiger partial charge in [0.2, 0.25) is 5.91 Å². The van der Waals surface area contributed by atoms with E-state index in [1.54, 1.807) is 23.4 Å². The molecule has 2 amide bonds. The lowest BCUT2D eigenvalue weighted by atomic mass is 9.99. The molecule has 1 N–H and O–H groups in total. The Morgan fingerprint density at radius 1 is 1.28 bits per heavy atom. The van der Waals surface area contributed by atoms with E-state index in [0.29, 0.717) is 24.2 Å². The van der Waals surface area contributed by atoms with Crippen LogP contribution in [0.15, 0.2) is 29.1 Å². The van der Waals surface area contributed by atoms with Gasteiger partial charge in [-0.05, 0) is 13.0 Å². The summed E-state index contributed by atoms with van der Waals surface area (Å²) in [5.41, 5.74) is 1.44. The number of benzene rings is 1. The highest BCUT2D eigenvalue weighted by molar-refractivity contribution is 6.07. The van der Waals surface area contributed by atoms with E-state index < -0.39 is 0 Å². The predicted molar refractivity (Wildman–Crippen MR) is 93.6 cm³/mol. The molecular formula is C18H21N3O4. The van der Waals surface area contributed by atoms with Crippen molar-refractivity contribution in [3.05, 3.63) is 45.7 Å². The molecule has 0 bridgehead atoms. The van der Waals surface area contributed by atoms with E-state index in [1.807, 2.05) is 24.3 Å². The highest BCUT2D eigenvalue weighted by Gasteiger charge is 2.34. The number of hydrogen-bond acceptors (Lipinski definition) is 4. The van der Waals surface area contributed by atoms with Crippen LogP contribution in [0.1, 0.15) is 15.9 Å². The van der Waals surface area contributed by atoms with Gasteiger partial charge in [-0.15, -0.1) is 0 Å². The Kier molecular flexibility index (Phi) is 4.59. The van der Waals surface area contributed by atoms with Crippen molar-refractivity contribution in [3.63, 3.8) is 0 Å². The van der Waals surface area contributed by atoms with Crippen LogP contribution in [0.3, 0.4) is 0 Å². The van der Waals surface area contributed by atoms with E-state index >= 15 is 0 Å². The van der Waals surface area contributed by atoms with Crippen molar-refractivity contribution >= 4 is 22.7 Å². The summed E-state index contributed by atoms with van der Waals surface area (Å²) in [7, 11) is 3.16. The quantitative estimate of drug-likeness (QED) is 0.873. The van der Waals surface area contributed by atoms with Crippen LogP contribution in [0.4, 0.5) is 0 Å². The number of pyridine rings is 1. The smallest absolute Gasteiger partial charge is 0.255 e. The maximum Gasteiger partial charge on any atom is 0.255 e. The topological polar surface area (TPSA) is 80.6 Å². The molecule has 1 aromatic carbocycles. The summed E-state index contributed by atoms with van der Waals surface area (Å²) in [6, 6.07) is 7.30. The lowest BCUT2D eigenvalue weighted by molar-refractivity contribution is -0.126. The van der Waals surface area contributed by atoms with Gasteiger partial charge in [-0.3, -0.25) is 14.4 Å². The molecule has 7 nitrogen and oxygen atoms in total. The number of carbonyl (C=O) groups excluding carboxylic acids is 2. The number of amides is 2. The fraction of sp³-hybridized carbons (Fsp3) is 0.389. The van der Waals surface area contributed by atoms with Crippen LogP contribution in [0.2, 0.25) is 0 Å². The van der Waals surface area contributed by atoms with Crippen molar-refractivity contribution in [2.75, 3.05) is 26.8 Å². The van der Waals surface area contributed by atoms with Crippen molar-refractivity contribution in [1.29, 1.82) is 0 Å². The number of aromatic nitrogens is 1. The number of aryl methyl sites for hydroxylation is 1. The van der Waals surface area contributed by atoms with Crippen molar-refractivity contribution in [2.24, 2.45) is 7.05 Å². The summed E-state index contributed by atoms with van der Waals surface area (Å²) < 4.78 is 6.34. The standard InChI is InChI=1S/C18H21N3O4/c1-11-16(13-6-4-5-7-14(13)20(2)17(11)23)18(24)21-8-12(9-21)19-15(22)10-25-3/h4-7,12H,8-10H2,1-3H3,(H,19,22). The lowest BCUT2D eigenvalue weighted by Crippen LogP contribution is -2.61. The van der Waals surface area contributed by atoms with Crippen LogP contribution in [-0.2, 0) is 16.6 Å². The number of nitrogens with zero attached hydrogens (tertiary/aromatic N) is 2. The molecule has 1 aromatic heterocycles. The molecule has 1 aliphatic heterocycles. The Morgan fingerprint density at radius 2 is 1.96 bits per heavy atom. The largest absolute Gasteiger partial charge is 0.375 e. The molecule has 1 fully saturated rings. The minimum atomic E-state index is -0.199. The van der Waals surface area contributed by atoms with Gasteiger partial charge >= 0.3 is 0 Å². The summed E-state index contributed by atoms with van der Waals surface area (Å²) in [5, 5.41) is 3.57. The first-order chi connectivity index (χ1) is 11.9. The minimum Gasteiger partial charge on any atom is -0.375 e. The molecule has 0 aliphatic carbocycles. The Bertz CT molecular complexity index is 897. The first-order valence-corrected chi connectivity index (χ1v) is 8.10. The van der Waals surface area contributed by atoms with Gasteiger partial charge in [0.25, 0.3) is 11.5 Å². The fourth-order valence-corrected chi connectivity index (χ4v) is 3.22. The molecule has 25 heavy (non-hydrogen) atoms. The number of hydrogen-bond donors (Lipinski definition) is 1. The van der Waals surface area contributed by atoms with Crippen molar-refractivity contribution in [3.8, 4) is 0 Å². The zero-order chi connectivity index (χ0) is 18.1. The van der Waals surface area contributed by atoms with Crippen molar-refractivity contribution in [2.45, 2.75) is 13.0 Å². The molecule has 2 aromatic rings. The van der Waals surface area contributed by atoms with E-state index in [2.05, 4.69) is 5.32 Å². The summed E-state index contributed by atoms with van der Waals surface area (Å²) in [6.45, 7) is 2.54. The van der Waals surface area contributed by atoms with Gasteiger partial charge in [-0.2, -0.15) is 0 Å². The summed E-state index contributed by atoms with van der Waals surface area (Å²) in [5.74, 6) is -0.376. The number of fused-ring (bicyclic) bond motifs is 1. The Morgan fingerprint density at radius 3 is 2.64 bits per heavy atom. The molecule has 0 saturated carbocycles. The maximum absolute atomic E-state index is 12.9. The predicted octanol–water partition coefficient (Wildman–Crippen LogP) is 0.434. The summed E-state index contributed by atoms with van der Waals surface area (Å²) in [6.07, 6.45) is 0. The minimum absolute atomic E-state index is 0.00290. The third-order valence-electron chi connectivity index (χ3n) is 4.56. The summed E-state index contributed by atoms with van der Waals surface area (Å²) in [4.78, 5) is 38.5. The molecule has 0 atom stereocenters. The first-order valence-electron chi connectivity index (χ1n) is 8.10. The second-order valence-corrected chi connectivity index (χ2v) is 6.29. The van der Waals surface area contributed by atoms with Gasteiger partial charge in [0.15, 0.2) is 0 Å². The second kappa shape index (κ2) is 6.68. The van der Waals surface area contributed by atoms with Crippen LogP contribution in [0.5, 0.6) is 0 Å². The molecule has 0 radical (unpaired) electrons. The number of methoxy groups -OCH3 is 1. The van der Waals surface area contributed by atoms with Crippen LogP contribution in [-0.4, -0.2) is 54.1 Å². The highest BCUT2D eigenvalue weighted by Crippen LogP contribution is 2.23. The molecule has 3 rings (SSSR count). The van der Waals surface area contributed by atoms with Gasteiger partial charge in [0.1, 0.15) is 6.61 Å². The van der Waals surface area contributed by atoms with E-state index in [-0.39, 0.29) is 30.0 Å². The van der Waals surface area contributed by atoms with E-state index in [4.69, 9.17) is 4.74 Å². The fourth-order valence-electron chi connectivity index (χ4n) is 3.22. The van der Waals surface area contributed by atoms with Crippen LogP contribution >= 0.6 is 0 Å². The highest BCUT2D eigenvalue weighted by atomic mass is 16.5. The monoisotopic (exact) mass is 343 g/mol. The molecule has 1 saturated heterocycles. The van der Waals surface area contributed by atoms with Crippen molar-refractivity contribution in [1.82, 2.24) is 14.8 Å². The maximum atomic E-state index is 12.9. The number of likely N-dealkylation sites (tertiary alicyclic amines) is 1. The number of ether oxygens (including phenoxy) is 1. The first kappa shape index (κ1) is 17.2. The average molecular weight is 343 g/mol. The molecule has 132 valence electrons. The van der Waals surface area contributed by atoms with Gasteiger partial charge in [-0.1, -0.05) is 18.2 Å². The molecule has 1 aliphatic rings. The lowest BCUT2D eigenvalue weighted by Gasteiger charge is -2.40. The van der Waals surface area contributed by atoms with Gasteiger partial charge in [-0.25, -0.2) is 0 Å². The van der Waals surface area contributed by atoms with Crippen molar-refractivity contribution < 1.29 is 14.3 Å². The van der Waals surface area contributed by atoms with E-state index in [1.165, 1.54) is 7.11 Å². The Labute approximate surface area is 145 Å². The van der Waals surface area contributed by atoms with Gasteiger partial charge in [0, 0.05) is 38.2 Å².